The maximum absolute atomic E-state index is 12.3. The summed E-state index contributed by atoms with van der Waals surface area (Å²) in [5.41, 5.74) is 0.550. The molecule has 0 saturated heterocycles. The van der Waals surface area contributed by atoms with Crippen molar-refractivity contribution in [3.63, 3.8) is 0 Å². The highest BCUT2D eigenvalue weighted by Crippen LogP contribution is 2.07. The molecule has 0 unspecified atom stereocenters. The van der Waals surface area contributed by atoms with Gasteiger partial charge < -0.3 is 9.64 Å². The van der Waals surface area contributed by atoms with Gasteiger partial charge in [0, 0.05) is 18.2 Å². The Morgan fingerprint density at radius 1 is 1.04 bits per heavy atom. The lowest BCUT2D eigenvalue weighted by molar-refractivity contribution is -0.138. The molecule has 1 aromatic carbocycles. The van der Waals surface area contributed by atoms with E-state index in [4.69, 9.17) is 4.74 Å². The van der Waals surface area contributed by atoms with E-state index in [9.17, 15) is 14.4 Å². The van der Waals surface area contributed by atoms with Crippen LogP contribution in [0, 0.1) is 0 Å². The van der Waals surface area contributed by atoms with Crippen molar-refractivity contribution in [2.45, 2.75) is 46.3 Å². The fourth-order valence-electron chi connectivity index (χ4n) is 2.88. The zero-order chi connectivity index (χ0) is 20.0. The lowest BCUT2D eigenvalue weighted by Crippen LogP contribution is -2.44. The lowest BCUT2D eigenvalue weighted by atomic mass is 10.2. The Labute approximate surface area is 158 Å². The SMILES string of the molecule is CC(C)N(C(=O)COC(=O)c1ccc(=O)n(Cc2ccccc2)n1)C(C)C. The third-order valence-corrected chi connectivity index (χ3v) is 3.98. The molecular formula is C20H25N3O4. The van der Waals surface area contributed by atoms with Crippen molar-refractivity contribution < 1.29 is 14.3 Å². The molecule has 0 aliphatic heterocycles. The summed E-state index contributed by atoms with van der Waals surface area (Å²) in [7, 11) is 0. The first-order valence-electron chi connectivity index (χ1n) is 8.90. The molecule has 0 aliphatic rings. The quantitative estimate of drug-likeness (QED) is 0.696. The molecule has 1 aromatic heterocycles. The molecule has 144 valence electrons. The van der Waals surface area contributed by atoms with Crippen LogP contribution in [0.15, 0.2) is 47.3 Å². The largest absolute Gasteiger partial charge is 0.451 e. The van der Waals surface area contributed by atoms with E-state index < -0.39 is 5.97 Å². The van der Waals surface area contributed by atoms with Crippen LogP contribution in [0.25, 0.3) is 0 Å². The zero-order valence-electron chi connectivity index (χ0n) is 16.1. The van der Waals surface area contributed by atoms with Gasteiger partial charge in [-0.3, -0.25) is 9.59 Å². The van der Waals surface area contributed by atoms with E-state index in [1.807, 2.05) is 58.0 Å². The Bertz CT molecular complexity index is 836. The Hall–Kier alpha value is -2.96. The highest BCUT2D eigenvalue weighted by atomic mass is 16.5. The predicted molar refractivity (Wildman–Crippen MR) is 101 cm³/mol. The molecule has 27 heavy (non-hydrogen) atoms. The van der Waals surface area contributed by atoms with Gasteiger partial charge in [0.05, 0.1) is 6.54 Å². The van der Waals surface area contributed by atoms with Crippen LogP contribution in [-0.4, -0.2) is 45.2 Å². The van der Waals surface area contributed by atoms with Crippen molar-refractivity contribution >= 4 is 11.9 Å². The highest BCUT2D eigenvalue weighted by molar-refractivity contribution is 5.89. The van der Waals surface area contributed by atoms with Gasteiger partial charge in [0.1, 0.15) is 0 Å². The van der Waals surface area contributed by atoms with Crippen LogP contribution >= 0.6 is 0 Å². The molecular weight excluding hydrogens is 346 g/mol. The molecule has 0 fully saturated rings. The van der Waals surface area contributed by atoms with E-state index in [-0.39, 0.29) is 42.4 Å². The Balaban J connectivity index is 2.07. The van der Waals surface area contributed by atoms with Gasteiger partial charge in [-0.05, 0) is 39.3 Å². The van der Waals surface area contributed by atoms with Gasteiger partial charge in [0.25, 0.3) is 11.5 Å². The second-order valence-electron chi connectivity index (χ2n) is 6.76. The number of amides is 1. The standard InChI is InChI=1S/C20H25N3O4/c1-14(2)23(15(3)4)19(25)13-27-20(26)17-10-11-18(24)22(21-17)12-16-8-6-5-7-9-16/h5-11,14-15H,12-13H2,1-4H3. The van der Waals surface area contributed by atoms with Crippen LogP contribution in [0.1, 0.15) is 43.7 Å². The Kier molecular flexibility index (Phi) is 6.87. The van der Waals surface area contributed by atoms with Crippen LogP contribution in [0.5, 0.6) is 0 Å². The zero-order valence-corrected chi connectivity index (χ0v) is 16.1. The van der Waals surface area contributed by atoms with Gasteiger partial charge in [0.2, 0.25) is 0 Å². The number of carbonyl (C=O) groups excluding carboxylic acids is 2. The molecule has 0 saturated carbocycles. The molecule has 0 radical (unpaired) electrons. The normalized spacial score (nSPS) is 10.9. The molecule has 0 atom stereocenters. The van der Waals surface area contributed by atoms with Gasteiger partial charge in [0.15, 0.2) is 12.3 Å². The second-order valence-corrected chi connectivity index (χ2v) is 6.76. The van der Waals surface area contributed by atoms with Crippen molar-refractivity contribution in [3.8, 4) is 0 Å². The lowest BCUT2D eigenvalue weighted by Gasteiger charge is -2.30. The smallest absolute Gasteiger partial charge is 0.359 e. The fourth-order valence-corrected chi connectivity index (χ4v) is 2.88. The number of hydrogen-bond acceptors (Lipinski definition) is 5. The number of aromatic nitrogens is 2. The summed E-state index contributed by atoms with van der Waals surface area (Å²) in [6.45, 7) is 7.49. The topological polar surface area (TPSA) is 81.5 Å². The van der Waals surface area contributed by atoms with Crippen molar-refractivity contribution in [1.82, 2.24) is 14.7 Å². The number of carbonyl (C=O) groups is 2. The average molecular weight is 371 g/mol. The average Bonchev–Trinajstić information content (AvgIpc) is 2.61. The maximum Gasteiger partial charge on any atom is 0.359 e. The second kappa shape index (κ2) is 9.12. The molecule has 1 heterocycles. The molecule has 0 bridgehead atoms. The summed E-state index contributed by atoms with van der Waals surface area (Å²) in [5.74, 6) is -1.01. The first-order chi connectivity index (χ1) is 12.8. The highest BCUT2D eigenvalue weighted by Gasteiger charge is 2.22. The molecule has 7 heteroatoms. The molecule has 0 aliphatic carbocycles. The van der Waals surface area contributed by atoms with E-state index >= 15 is 0 Å². The monoisotopic (exact) mass is 371 g/mol. The van der Waals surface area contributed by atoms with Crippen LogP contribution in [0.3, 0.4) is 0 Å². The first-order valence-corrected chi connectivity index (χ1v) is 8.90. The number of hydrogen-bond donors (Lipinski definition) is 0. The molecule has 0 spiro atoms. The minimum Gasteiger partial charge on any atom is -0.451 e. The molecule has 1 amide bonds. The summed E-state index contributed by atoms with van der Waals surface area (Å²) < 4.78 is 6.30. The van der Waals surface area contributed by atoms with Crippen LogP contribution in [0.4, 0.5) is 0 Å². The van der Waals surface area contributed by atoms with E-state index in [1.165, 1.54) is 16.8 Å². The van der Waals surface area contributed by atoms with E-state index in [1.54, 1.807) is 4.90 Å². The predicted octanol–water partition coefficient (Wildman–Crippen LogP) is 2.09. The molecule has 2 aromatic rings. The summed E-state index contributed by atoms with van der Waals surface area (Å²) in [6.07, 6.45) is 0. The van der Waals surface area contributed by atoms with Gasteiger partial charge in [-0.25, -0.2) is 9.48 Å². The third-order valence-electron chi connectivity index (χ3n) is 3.98. The maximum atomic E-state index is 12.3. The Morgan fingerprint density at radius 3 is 2.26 bits per heavy atom. The van der Waals surface area contributed by atoms with Crippen LogP contribution in [-0.2, 0) is 16.1 Å². The molecule has 7 nitrogen and oxygen atoms in total. The van der Waals surface area contributed by atoms with E-state index in [0.717, 1.165) is 5.56 Å². The van der Waals surface area contributed by atoms with Gasteiger partial charge in [-0.15, -0.1) is 0 Å². The van der Waals surface area contributed by atoms with Crippen LogP contribution < -0.4 is 5.56 Å². The number of nitrogens with zero attached hydrogens (tertiary/aromatic N) is 3. The summed E-state index contributed by atoms with van der Waals surface area (Å²) >= 11 is 0. The number of benzene rings is 1. The van der Waals surface area contributed by atoms with Gasteiger partial charge >= 0.3 is 5.97 Å². The van der Waals surface area contributed by atoms with Crippen molar-refractivity contribution in [2.24, 2.45) is 0 Å². The van der Waals surface area contributed by atoms with Crippen LogP contribution in [0.2, 0.25) is 0 Å². The van der Waals surface area contributed by atoms with Crippen molar-refractivity contribution in [2.75, 3.05) is 6.61 Å². The summed E-state index contributed by atoms with van der Waals surface area (Å²) in [4.78, 5) is 38.2. The van der Waals surface area contributed by atoms with E-state index in [0.29, 0.717) is 0 Å². The van der Waals surface area contributed by atoms with Gasteiger partial charge in [-0.1, -0.05) is 30.3 Å². The minimum absolute atomic E-state index is 0.00195. The number of esters is 1. The molecule has 0 N–H and O–H groups in total. The Morgan fingerprint density at radius 2 is 1.67 bits per heavy atom. The van der Waals surface area contributed by atoms with Gasteiger partial charge in [-0.2, -0.15) is 5.10 Å². The molecule has 2 rings (SSSR count). The fraction of sp³-hybridized carbons (Fsp3) is 0.400. The van der Waals surface area contributed by atoms with E-state index in [2.05, 4.69) is 5.10 Å². The van der Waals surface area contributed by atoms with Crippen molar-refractivity contribution in [3.05, 3.63) is 64.1 Å². The van der Waals surface area contributed by atoms with Crippen molar-refractivity contribution in [1.29, 1.82) is 0 Å². The third kappa shape index (κ3) is 5.51. The minimum atomic E-state index is -0.738. The number of ether oxygens (including phenoxy) is 1. The number of rotatable bonds is 7. The first kappa shape index (κ1) is 20.4. The summed E-state index contributed by atoms with van der Waals surface area (Å²) in [5, 5.41) is 4.07. The summed E-state index contributed by atoms with van der Waals surface area (Å²) in [6, 6.07) is 11.9.